The van der Waals surface area contributed by atoms with Gasteiger partial charge in [0.15, 0.2) is 5.17 Å². The van der Waals surface area contributed by atoms with Crippen molar-refractivity contribution in [3.05, 3.63) is 54.1 Å². The summed E-state index contributed by atoms with van der Waals surface area (Å²) in [7, 11) is -3.99. The van der Waals surface area contributed by atoms with Crippen molar-refractivity contribution >= 4 is 39.2 Å². The summed E-state index contributed by atoms with van der Waals surface area (Å²) in [6.07, 6.45) is 2.16. The van der Waals surface area contributed by atoms with E-state index in [-0.39, 0.29) is 21.8 Å². The number of nitrogens with one attached hydrogen (secondary N) is 1. The molecule has 3 rings (SSSR count). The molecule has 2 aromatic carbocycles. The molecule has 1 heterocycles. The highest BCUT2D eigenvalue weighted by Crippen LogP contribution is 2.23. The van der Waals surface area contributed by atoms with Crippen molar-refractivity contribution in [2.45, 2.75) is 30.4 Å². The smallest absolute Gasteiger partial charge is 0.339 e. The lowest BCUT2D eigenvalue weighted by Crippen LogP contribution is -2.24. The minimum absolute atomic E-state index is 0.0240. The van der Waals surface area contributed by atoms with E-state index in [2.05, 4.69) is 15.5 Å². The first-order valence-electron chi connectivity index (χ1n) is 9.27. The van der Waals surface area contributed by atoms with Crippen molar-refractivity contribution in [2.75, 3.05) is 6.61 Å². The van der Waals surface area contributed by atoms with Crippen molar-refractivity contribution in [3.63, 3.8) is 0 Å². The molecule has 0 spiro atoms. The van der Waals surface area contributed by atoms with Gasteiger partial charge in [0.2, 0.25) is 5.91 Å². The normalized spacial score (nSPS) is 18.0. The monoisotopic (exact) mass is 447 g/mol. The van der Waals surface area contributed by atoms with Crippen molar-refractivity contribution in [1.29, 1.82) is 0 Å². The Bertz CT molecular complexity index is 1070. The van der Waals surface area contributed by atoms with Gasteiger partial charge in [-0.05, 0) is 55.3 Å². The number of hydrogen-bond acceptors (Lipinski definition) is 8. The minimum Gasteiger partial charge on any atom is -0.494 e. The third-order valence-corrected chi connectivity index (χ3v) is 6.49. The van der Waals surface area contributed by atoms with Crippen LogP contribution in [0.15, 0.2) is 63.6 Å². The Morgan fingerprint density at radius 2 is 1.90 bits per heavy atom. The summed E-state index contributed by atoms with van der Waals surface area (Å²) in [6, 6.07) is 12.5. The highest BCUT2D eigenvalue weighted by molar-refractivity contribution is 8.15. The van der Waals surface area contributed by atoms with Gasteiger partial charge < -0.3 is 14.2 Å². The van der Waals surface area contributed by atoms with Crippen LogP contribution in [0.3, 0.4) is 0 Å². The van der Waals surface area contributed by atoms with Crippen molar-refractivity contribution < 1.29 is 22.1 Å². The van der Waals surface area contributed by atoms with Crippen LogP contribution in [0.25, 0.3) is 0 Å². The van der Waals surface area contributed by atoms with E-state index < -0.39 is 10.1 Å². The highest BCUT2D eigenvalue weighted by atomic mass is 32.2. The predicted octanol–water partition coefficient (Wildman–Crippen LogP) is 3.18. The first-order chi connectivity index (χ1) is 14.4. The fourth-order valence-corrected chi connectivity index (χ4v) is 4.34. The number of carbonyl (C=O) groups excluding carboxylic acids is 1. The lowest BCUT2D eigenvalue weighted by molar-refractivity contribution is -0.118. The van der Waals surface area contributed by atoms with Crippen molar-refractivity contribution in [1.82, 2.24) is 5.32 Å². The Balaban J connectivity index is 1.68. The minimum atomic E-state index is -3.99. The van der Waals surface area contributed by atoms with Gasteiger partial charge in [-0.2, -0.15) is 13.5 Å². The summed E-state index contributed by atoms with van der Waals surface area (Å²) in [6.45, 7) is 4.27. The van der Waals surface area contributed by atoms with Crippen molar-refractivity contribution in [3.8, 4) is 11.5 Å². The highest BCUT2D eigenvalue weighted by Gasteiger charge is 2.28. The summed E-state index contributed by atoms with van der Waals surface area (Å²) >= 11 is 1.33. The average Bonchev–Trinajstić information content (AvgIpc) is 3.08. The molecule has 30 heavy (non-hydrogen) atoms. The maximum absolute atomic E-state index is 12.5. The van der Waals surface area contributed by atoms with Crippen LogP contribution in [0.2, 0.25) is 0 Å². The van der Waals surface area contributed by atoms with E-state index in [9.17, 15) is 13.2 Å². The molecule has 8 nitrogen and oxygen atoms in total. The first kappa shape index (κ1) is 21.8. The quantitative estimate of drug-likeness (QED) is 0.378. The first-order valence-corrected chi connectivity index (χ1v) is 11.6. The number of carbonyl (C=O) groups is 1. The van der Waals surface area contributed by atoms with Gasteiger partial charge in [-0.3, -0.25) is 4.79 Å². The van der Waals surface area contributed by atoms with Crippen LogP contribution < -0.4 is 14.2 Å². The number of amides is 1. The molecule has 1 N–H and O–H groups in total. The molecule has 0 aliphatic carbocycles. The van der Waals surface area contributed by atoms with Crippen LogP contribution in [0, 0.1) is 0 Å². The molecule has 0 saturated carbocycles. The maximum Gasteiger partial charge on any atom is 0.339 e. The molecular weight excluding hydrogens is 426 g/mol. The second-order valence-corrected chi connectivity index (χ2v) is 8.91. The van der Waals surface area contributed by atoms with Crippen LogP contribution >= 0.6 is 11.8 Å². The molecule has 1 aliphatic heterocycles. The number of hydrogen-bond donors (Lipinski definition) is 1. The van der Waals surface area contributed by atoms with Crippen molar-refractivity contribution in [2.24, 2.45) is 10.2 Å². The molecule has 10 heteroatoms. The number of nitrogens with zero attached hydrogens (tertiary/aromatic N) is 2. The zero-order valence-electron chi connectivity index (χ0n) is 16.4. The summed E-state index contributed by atoms with van der Waals surface area (Å²) in [5.41, 5.74) is 0.597. The second kappa shape index (κ2) is 9.77. The molecule has 158 valence electrons. The fraction of sp³-hybridized carbons (Fsp3) is 0.250. The van der Waals surface area contributed by atoms with Crippen LogP contribution in [0.1, 0.15) is 25.8 Å². The molecular formula is C20H21N3O5S2. The zero-order chi connectivity index (χ0) is 21.6. The molecule has 0 aromatic heterocycles. The Kier molecular flexibility index (Phi) is 7.11. The van der Waals surface area contributed by atoms with Crippen LogP contribution in [0.5, 0.6) is 11.5 Å². The second-order valence-electron chi connectivity index (χ2n) is 6.17. The van der Waals surface area contributed by atoms with Crippen LogP contribution in [-0.2, 0) is 14.9 Å². The van der Waals surface area contributed by atoms with Gasteiger partial charge in [0.1, 0.15) is 16.4 Å². The topological polar surface area (TPSA) is 106 Å². The van der Waals surface area contributed by atoms with Gasteiger partial charge in [0, 0.05) is 0 Å². The van der Waals surface area contributed by atoms with Gasteiger partial charge in [-0.15, -0.1) is 5.10 Å². The average molecular weight is 448 g/mol. The molecule has 0 bridgehead atoms. The summed E-state index contributed by atoms with van der Waals surface area (Å²) < 4.78 is 35.5. The number of ether oxygens (including phenoxy) is 1. The van der Waals surface area contributed by atoms with E-state index in [1.165, 1.54) is 42.2 Å². The van der Waals surface area contributed by atoms with Gasteiger partial charge >= 0.3 is 10.1 Å². The van der Waals surface area contributed by atoms with Crippen LogP contribution in [-0.4, -0.2) is 37.6 Å². The number of thioether (sulfide) groups is 1. The standard InChI is InChI=1S/C20H21N3O5S2/c1-3-18-19(24)22-20(29-18)23-21-13-14-6-5-7-16(12-14)28-30(25,26)17-10-8-15(9-11-17)27-4-2/h5-13,18H,3-4H2,1-2H3,(H,22,23,24). The van der Waals surface area contributed by atoms with Gasteiger partial charge in [-0.25, -0.2) is 0 Å². The summed E-state index contributed by atoms with van der Waals surface area (Å²) in [5, 5.41) is 10.9. The number of benzene rings is 2. The zero-order valence-corrected chi connectivity index (χ0v) is 18.1. The third-order valence-electron chi connectivity index (χ3n) is 3.99. The lowest BCUT2D eigenvalue weighted by Gasteiger charge is -2.08. The van der Waals surface area contributed by atoms with Gasteiger partial charge in [0.25, 0.3) is 0 Å². The Morgan fingerprint density at radius 1 is 1.13 bits per heavy atom. The molecule has 1 unspecified atom stereocenters. The van der Waals surface area contributed by atoms with Gasteiger partial charge in [0.05, 0.1) is 18.1 Å². The Labute approximate surface area is 179 Å². The summed E-state index contributed by atoms with van der Waals surface area (Å²) in [5.74, 6) is 0.652. The van der Waals surface area contributed by atoms with E-state index in [1.54, 1.807) is 24.3 Å². The van der Waals surface area contributed by atoms with E-state index in [0.717, 1.165) is 0 Å². The summed E-state index contributed by atoms with van der Waals surface area (Å²) in [4.78, 5) is 11.7. The van der Waals surface area contributed by atoms with Gasteiger partial charge in [-0.1, -0.05) is 30.8 Å². The molecule has 1 fully saturated rings. The van der Waals surface area contributed by atoms with E-state index in [4.69, 9.17) is 8.92 Å². The van der Waals surface area contributed by atoms with E-state index in [1.807, 2.05) is 13.8 Å². The Hall–Kier alpha value is -2.85. The predicted molar refractivity (Wildman–Crippen MR) is 117 cm³/mol. The molecule has 1 saturated heterocycles. The van der Waals surface area contributed by atoms with Crippen LogP contribution in [0.4, 0.5) is 0 Å². The molecule has 1 amide bonds. The SMILES string of the molecule is CCOc1ccc(S(=O)(=O)Oc2cccc(C=N/N=C3\NC(=O)C(CC)S3)c2)cc1. The van der Waals surface area contributed by atoms with E-state index >= 15 is 0 Å². The molecule has 0 radical (unpaired) electrons. The fourth-order valence-electron chi connectivity index (χ4n) is 2.56. The largest absolute Gasteiger partial charge is 0.494 e. The third kappa shape index (κ3) is 5.61. The molecule has 2 aromatic rings. The maximum atomic E-state index is 12.5. The lowest BCUT2D eigenvalue weighted by atomic mass is 10.2. The molecule has 1 atom stereocenters. The molecule has 1 aliphatic rings. The Morgan fingerprint density at radius 3 is 2.57 bits per heavy atom. The number of amidine groups is 1. The number of rotatable bonds is 8. The van der Waals surface area contributed by atoms with E-state index in [0.29, 0.717) is 29.5 Å².